The minimum atomic E-state index is -2.97. The number of aldehydes is 1. The lowest BCUT2D eigenvalue weighted by molar-refractivity contribution is 0.112. The highest BCUT2D eigenvalue weighted by atomic mass is 79.9. The molecule has 0 spiro atoms. The van der Waals surface area contributed by atoms with Gasteiger partial charge in [-0.2, -0.15) is 0 Å². The summed E-state index contributed by atoms with van der Waals surface area (Å²) in [7, 11) is -2.97. The number of hydrogen-bond acceptors (Lipinski definition) is 6. The first-order valence-electron chi connectivity index (χ1n) is 24.8. The second-order valence-electron chi connectivity index (χ2n) is 19.6. The van der Waals surface area contributed by atoms with E-state index >= 15 is 0 Å². The fourth-order valence-corrected chi connectivity index (χ4v) is 10.6. The zero-order chi connectivity index (χ0) is 54.2. The van der Waals surface area contributed by atoms with Crippen LogP contribution in [-0.2, 0) is 30.6 Å². The van der Waals surface area contributed by atoms with E-state index in [0.717, 1.165) is 63.9 Å². The molecule has 6 nitrogen and oxygen atoms in total. The lowest BCUT2D eigenvalue weighted by Gasteiger charge is -2.27. The molecule has 0 saturated heterocycles. The Kier molecular flexibility index (Phi) is 21.9. The molecule has 0 fully saturated rings. The van der Waals surface area contributed by atoms with Crippen molar-refractivity contribution in [1.29, 1.82) is 0 Å². The van der Waals surface area contributed by atoms with Crippen molar-refractivity contribution in [2.45, 2.75) is 72.4 Å². The fraction of sp³-hybridized carbons (Fsp3) is 0.203. The fourth-order valence-electron chi connectivity index (χ4n) is 7.83. The summed E-state index contributed by atoms with van der Waals surface area (Å²) in [5.41, 5.74) is 13.4. The second kappa shape index (κ2) is 27.8. The number of benzene rings is 8. The number of halogens is 4. The van der Waals surface area contributed by atoms with Gasteiger partial charge in [0.05, 0.1) is 19.4 Å². The van der Waals surface area contributed by atoms with Crippen LogP contribution in [0.3, 0.4) is 0 Å². The van der Waals surface area contributed by atoms with E-state index in [2.05, 4.69) is 261 Å². The molecule has 0 aliphatic carbocycles. The Balaban J connectivity index is 0.000000194. The van der Waals surface area contributed by atoms with Gasteiger partial charge in [-0.05, 0) is 186 Å². The number of anilines is 6. The summed E-state index contributed by atoms with van der Waals surface area (Å²) < 4.78 is 26.9. The molecular weight excluding hydrogens is 1210 g/mol. The predicted molar refractivity (Wildman–Crippen MR) is 332 cm³/mol. The van der Waals surface area contributed by atoms with Gasteiger partial charge >= 0.3 is 7.60 Å². The summed E-state index contributed by atoms with van der Waals surface area (Å²) in [5, 5.41) is 0. The van der Waals surface area contributed by atoms with Crippen LogP contribution in [0.25, 0.3) is 12.2 Å². The van der Waals surface area contributed by atoms with Crippen molar-refractivity contribution < 1.29 is 18.4 Å². The van der Waals surface area contributed by atoms with Gasteiger partial charge in [-0.3, -0.25) is 9.36 Å². The van der Waals surface area contributed by atoms with Crippen molar-refractivity contribution >= 4 is 124 Å². The third kappa shape index (κ3) is 18.0. The molecule has 0 radical (unpaired) electrons. The molecular formula is C64H65Br4N2O4P. The molecule has 0 amide bonds. The molecule has 75 heavy (non-hydrogen) atoms. The van der Waals surface area contributed by atoms with Gasteiger partial charge in [0.25, 0.3) is 0 Å². The third-order valence-corrected chi connectivity index (χ3v) is 16.0. The van der Waals surface area contributed by atoms with Gasteiger partial charge in [-0.1, -0.05) is 178 Å². The molecule has 8 aromatic carbocycles. The van der Waals surface area contributed by atoms with E-state index in [9.17, 15) is 9.36 Å². The van der Waals surface area contributed by atoms with Gasteiger partial charge in [0.2, 0.25) is 0 Å². The standard InChI is InChI=1S/C30H27Br2N.C23H22BrNO.C11H16BrO3P/c1-30(2,3)24-10-18-28(19-11-24)33(29-20-14-26(32)15-21-29)27-16-8-23(9-17-27)5-4-22-6-12-25(31)13-7-22;1-23(2,3)18-6-12-21(13-7-18)25(22-14-8-19(24)9-15-22)20-10-4-17(16-26)5-11-20;1-3-14-16(13,15-4-2)9-10-5-7-11(12)8-6-10/h4-21H,1-3H3;4-16H,1-3H3;5-8H,3-4,9H2,1-2H3/b5-4+;;. The molecule has 0 aliphatic heterocycles. The number of carbonyl (C=O) groups excluding carboxylic acids is 1. The lowest BCUT2D eigenvalue weighted by atomic mass is 9.87. The van der Waals surface area contributed by atoms with Crippen molar-refractivity contribution in [2.24, 2.45) is 0 Å². The van der Waals surface area contributed by atoms with Crippen LogP contribution in [0.5, 0.6) is 0 Å². The maximum atomic E-state index is 12.2. The van der Waals surface area contributed by atoms with Crippen LogP contribution < -0.4 is 9.80 Å². The Morgan fingerprint density at radius 1 is 0.400 bits per heavy atom. The third-order valence-electron chi connectivity index (χ3n) is 11.9. The summed E-state index contributed by atoms with van der Waals surface area (Å²) in [5.74, 6) is 0. The van der Waals surface area contributed by atoms with E-state index in [-0.39, 0.29) is 10.8 Å². The number of hydrogen-bond donors (Lipinski definition) is 0. The zero-order valence-corrected chi connectivity index (χ0v) is 51.1. The minimum absolute atomic E-state index is 0.118. The van der Waals surface area contributed by atoms with Crippen molar-refractivity contribution in [3.63, 3.8) is 0 Å². The Morgan fingerprint density at radius 3 is 0.947 bits per heavy atom. The molecule has 0 unspecified atom stereocenters. The van der Waals surface area contributed by atoms with Crippen molar-refractivity contribution in [3.05, 3.63) is 245 Å². The van der Waals surface area contributed by atoms with E-state index < -0.39 is 7.60 Å². The van der Waals surface area contributed by atoms with E-state index in [0.29, 0.717) is 24.9 Å². The molecule has 0 saturated carbocycles. The first-order valence-corrected chi connectivity index (χ1v) is 29.7. The molecule has 388 valence electrons. The van der Waals surface area contributed by atoms with Crippen molar-refractivity contribution in [1.82, 2.24) is 0 Å². The van der Waals surface area contributed by atoms with Gasteiger partial charge in [0.1, 0.15) is 6.29 Å². The average Bonchev–Trinajstić information content (AvgIpc) is 3.39. The Labute approximate surface area is 479 Å². The molecule has 0 bridgehead atoms. The molecule has 11 heteroatoms. The molecule has 0 aromatic heterocycles. The number of nitrogens with zero attached hydrogens (tertiary/aromatic N) is 2. The minimum Gasteiger partial charge on any atom is -0.311 e. The van der Waals surface area contributed by atoms with Gasteiger partial charge in [0.15, 0.2) is 0 Å². The maximum Gasteiger partial charge on any atom is 0.335 e. The largest absolute Gasteiger partial charge is 0.335 e. The van der Waals surface area contributed by atoms with Crippen LogP contribution >= 0.6 is 71.3 Å². The van der Waals surface area contributed by atoms with Crippen LogP contribution in [0.2, 0.25) is 0 Å². The predicted octanol–water partition coefficient (Wildman–Crippen LogP) is 21.4. The summed E-state index contributed by atoms with van der Waals surface area (Å²) in [4.78, 5) is 15.5. The summed E-state index contributed by atoms with van der Waals surface area (Å²) in [6.45, 7) is 17.8. The van der Waals surface area contributed by atoms with Crippen LogP contribution in [0.15, 0.2) is 212 Å². The maximum absolute atomic E-state index is 12.2. The SMILES string of the molecule is CC(C)(C)c1ccc(N(c2ccc(Br)cc2)c2ccc(/C=C/c3ccc(Br)cc3)cc2)cc1.CC(C)(C)c1ccc(N(c2ccc(Br)cc2)c2ccc(C=O)cc2)cc1.CCOP(=O)(Cc1ccc(Br)cc1)OCC. The molecule has 0 atom stereocenters. The van der Waals surface area contributed by atoms with Gasteiger partial charge in [-0.25, -0.2) is 0 Å². The normalized spacial score (nSPS) is 11.5. The van der Waals surface area contributed by atoms with Crippen LogP contribution in [0.4, 0.5) is 34.1 Å². The van der Waals surface area contributed by atoms with Crippen LogP contribution in [0, 0.1) is 0 Å². The van der Waals surface area contributed by atoms with E-state index in [1.54, 1.807) is 0 Å². The summed E-state index contributed by atoms with van der Waals surface area (Å²) in [6.07, 6.45) is 5.47. The van der Waals surface area contributed by atoms with Crippen molar-refractivity contribution in [3.8, 4) is 0 Å². The Bertz CT molecular complexity index is 3090. The molecule has 8 rings (SSSR count). The van der Waals surface area contributed by atoms with Crippen molar-refractivity contribution in [2.75, 3.05) is 23.0 Å². The molecule has 0 N–H and O–H groups in total. The topological polar surface area (TPSA) is 59.1 Å². The second-order valence-corrected chi connectivity index (χ2v) is 25.4. The molecule has 0 heterocycles. The van der Waals surface area contributed by atoms with Gasteiger partial charge < -0.3 is 18.8 Å². The highest BCUT2D eigenvalue weighted by Gasteiger charge is 2.24. The molecule has 8 aromatic rings. The highest BCUT2D eigenvalue weighted by Crippen LogP contribution is 2.51. The highest BCUT2D eigenvalue weighted by molar-refractivity contribution is 9.11. The average molecular weight is 1280 g/mol. The van der Waals surface area contributed by atoms with Crippen LogP contribution in [0.1, 0.15) is 93.6 Å². The summed E-state index contributed by atoms with van der Waals surface area (Å²) in [6, 6.07) is 66.5. The van der Waals surface area contributed by atoms with Crippen LogP contribution in [-0.4, -0.2) is 19.5 Å². The quantitative estimate of drug-likeness (QED) is 0.0579. The first-order chi connectivity index (χ1) is 35.8. The zero-order valence-electron chi connectivity index (χ0n) is 43.8. The Morgan fingerprint density at radius 2 is 0.653 bits per heavy atom. The monoisotopic (exact) mass is 1270 g/mol. The van der Waals surface area contributed by atoms with Gasteiger partial charge in [0, 0.05) is 57.6 Å². The smallest absolute Gasteiger partial charge is 0.311 e. The van der Waals surface area contributed by atoms with E-state index in [1.807, 2.05) is 74.5 Å². The summed E-state index contributed by atoms with van der Waals surface area (Å²) >= 11 is 13.9. The van der Waals surface area contributed by atoms with E-state index in [4.69, 9.17) is 9.05 Å². The van der Waals surface area contributed by atoms with Gasteiger partial charge in [-0.15, -0.1) is 0 Å². The Hall–Kier alpha value is -5.16. The molecule has 0 aliphatic rings. The van der Waals surface area contributed by atoms with E-state index in [1.165, 1.54) is 22.3 Å². The number of carbonyl (C=O) groups is 1. The first kappa shape index (κ1) is 59.1. The number of rotatable bonds is 15. The lowest BCUT2D eigenvalue weighted by Crippen LogP contribution is -2.13.